The minimum atomic E-state index is -0.421. The van der Waals surface area contributed by atoms with Crippen molar-refractivity contribution in [1.82, 2.24) is 15.1 Å². The molecule has 0 fully saturated rings. The van der Waals surface area contributed by atoms with Crippen LogP contribution in [0.15, 0.2) is 36.5 Å². The minimum Gasteiger partial charge on any atom is -0.443 e. The lowest BCUT2D eigenvalue weighted by Crippen LogP contribution is -2.18. The SMILES string of the molecule is O=C(OCc1ccccc1)n1cc2c(n1)CCNCC2. The largest absolute Gasteiger partial charge is 0.443 e. The van der Waals surface area contributed by atoms with Crippen molar-refractivity contribution in [1.29, 1.82) is 0 Å². The van der Waals surface area contributed by atoms with E-state index in [0.29, 0.717) is 0 Å². The molecular formula is C15H17N3O2. The van der Waals surface area contributed by atoms with Crippen LogP contribution < -0.4 is 5.32 Å². The van der Waals surface area contributed by atoms with Crippen LogP contribution in [0.4, 0.5) is 4.79 Å². The second-order valence-electron chi connectivity index (χ2n) is 4.84. The summed E-state index contributed by atoms with van der Waals surface area (Å²) in [5.41, 5.74) is 3.09. The van der Waals surface area contributed by atoms with Gasteiger partial charge in [-0.15, -0.1) is 0 Å². The zero-order valence-electron chi connectivity index (χ0n) is 11.2. The average molecular weight is 271 g/mol. The summed E-state index contributed by atoms with van der Waals surface area (Å²) in [7, 11) is 0. The predicted molar refractivity (Wildman–Crippen MR) is 74.5 cm³/mol. The number of hydrogen-bond donors (Lipinski definition) is 1. The maximum Gasteiger partial charge on any atom is 0.435 e. The molecule has 0 saturated heterocycles. The number of hydrogen-bond acceptors (Lipinski definition) is 4. The van der Waals surface area contributed by atoms with Crippen LogP contribution in [0.5, 0.6) is 0 Å². The van der Waals surface area contributed by atoms with Crippen molar-refractivity contribution in [3.8, 4) is 0 Å². The van der Waals surface area contributed by atoms with Crippen molar-refractivity contribution in [3.05, 3.63) is 53.3 Å². The highest BCUT2D eigenvalue weighted by Gasteiger charge is 2.16. The number of benzene rings is 1. The number of rotatable bonds is 2. The van der Waals surface area contributed by atoms with Gasteiger partial charge in [0.25, 0.3) is 0 Å². The Bertz CT molecular complexity index is 569. The molecule has 104 valence electrons. The molecule has 2 heterocycles. The molecule has 0 bridgehead atoms. The maximum atomic E-state index is 12.0. The highest BCUT2D eigenvalue weighted by Crippen LogP contribution is 2.11. The third-order valence-electron chi connectivity index (χ3n) is 3.38. The van der Waals surface area contributed by atoms with Gasteiger partial charge < -0.3 is 10.1 Å². The first-order valence-electron chi connectivity index (χ1n) is 6.82. The summed E-state index contributed by atoms with van der Waals surface area (Å²) < 4.78 is 6.59. The Balaban J connectivity index is 1.65. The summed E-state index contributed by atoms with van der Waals surface area (Å²) in [5, 5.41) is 7.64. The van der Waals surface area contributed by atoms with Gasteiger partial charge in [0.05, 0.1) is 5.69 Å². The molecule has 1 aromatic heterocycles. The number of carbonyl (C=O) groups excluding carboxylic acids is 1. The molecule has 20 heavy (non-hydrogen) atoms. The lowest BCUT2D eigenvalue weighted by atomic mass is 10.2. The number of ether oxygens (including phenoxy) is 1. The van der Waals surface area contributed by atoms with E-state index >= 15 is 0 Å². The first-order valence-corrected chi connectivity index (χ1v) is 6.82. The standard InChI is InChI=1S/C15H17N3O2/c19-15(20-11-12-4-2-1-3-5-12)18-10-13-6-8-16-9-7-14(13)17-18/h1-5,10,16H,6-9,11H2. The van der Waals surface area contributed by atoms with Crippen LogP contribution in [0.25, 0.3) is 0 Å². The summed E-state index contributed by atoms with van der Waals surface area (Å²) in [4.78, 5) is 12.0. The van der Waals surface area contributed by atoms with Crippen molar-refractivity contribution in [2.75, 3.05) is 13.1 Å². The smallest absolute Gasteiger partial charge is 0.435 e. The van der Waals surface area contributed by atoms with E-state index in [1.165, 1.54) is 4.68 Å². The van der Waals surface area contributed by atoms with Crippen LogP contribution in [0.2, 0.25) is 0 Å². The Kier molecular flexibility index (Phi) is 3.78. The fraction of sp³-hybridized carbons (Fsp3) is 0.333. The summed E-state index contributed by atoms with van der Waals surface area (Å²) in [6, 6.07) is 9.64. The van der Waals surface area contributed by atoms with Crippen LogP contribution in [0, 0.1) is 0 Å². The highest BCUT2D eigenvalue weighted by molar-refractivity contribution is 5.69. The molecule has 0 atom stereocenters. The molecule has 3 rings (SSSR count). The fourth-order valence-electron chi connectivity index (χ4n) is 2.30. The summed E-state index contributed by atoms with van der Waals surface area (Å²) in [5.74, 6) is 0. The van der Waals surface area contributed by atoms with Gasteiger partial charge in [0, 0.05) is 19.2 Å². The van der Waals surface area contributed by atoms with E-state index in [9.17, 15) is 4.79 Å². The first-order chi connectivity index (χ1) is 9.83. The van der Waals surface area contributed by atoms with E-state index < -0.39 is 6.09 Å². The van der Waals surface area contributed by atoms with Crippen LogP contribution >= 0.6 is 0 Å². The molecule has 0 spiro atoms. The molecule has 1 N–H and O–H groups in total. The van der Waals surface area contributed by atoms with Gasteiger partial charge in [0.15, 0.2) is 0 Å². The summed E-state index contributed by atoms with van der Waals surface area (Å²) >= 11 is 0. The van der Waals surface area contributed by atoms with Crippen molar-refractivity contribution in [2.24, 2.45) is 0 Å². The van der Waals surface area contributed by atoms with E-state index in [4.69, 9.17) is 4.74 Å². The van der Waals surface area contributed by atoms with E-state index in [-0.39, 0.29) is 6.61 Å². The van der Waals surface area contributed by atoms with Crippen molar-refractivity contribution >= 4 is 6.09 Å². The molecule has 1 aromatic carbocycles. The van der Waals surface area contributed by atoms with E-state index in [0.717, 1.165) is 42.8 Å². The predicted octanol–water partition coefficient (Wildman–Crippen LogP) is 1.76. The van der Waals surface area contributed by atoms with E-state index in [1.54, 1.807) is 6.20 Å². The zero-order chi connectivity index (χ0) is 13.8. The van der Waals surface area contributed by atoms with Gasteiger partial charge in [-0.05, 0) is 24.1 Å². The lowest BCUT2D eigenvalue weighted by Gasteiger charge is -2.04. The van der Waals surface area contributed by atoms with Crippen LogP contribution in [0.1, 0.15) is 16.8 Å². The quantitative estimate of drug-likeness (QED) is 0.904. The van der Waals surface area contributed by atoms with Gasteiger partial charge in [0.1, 0.15) is 6.61 Å². The number of nitrogens with zero attached hydrogens (tertiary/aromatic N) is 2. The third-order valence-corrected chi connectivity index (χ3v) is 3.38. The van der Waals surface area contributed by atoms with Crippen LogP contribution in [-0.2, 0) is 24.2 Å². The normalized spacial score (nSPS) is 14.4. The maximum absolute atomic E-state index is 12.0. The van der Waals surface area contributed by atoms with Crippen molar-refractivity contribution in [3.63, 3.8) is 0 Å². The zero-order valence-corrected chi connectivity index (χ0v) is 11.2. The van der Waals surface area contributed by atoms with Crippen molar-refractivity contribution < 1.29 is 9.53 Å². The lowest BCUT2D eigenvalue weighted by molar-refractivity contribution is 0.137. The van der Waals surface area contributed by atoms with Crippen molar-refractivity contribution in [2.45, 2.75) is 19.4 Å². The minimum absolute atomic E-state index is 0.270. The molecule has 0 aliphatic carbocycles. The Morgan fingerprint density at radius 1 is 1.25 bits per heavy atom. The van der Waals surface area contributed by atoms with Gasteiger partial charge in [-0.2, -0.15) is 9.78 Å². The number of aromatic nitrogens is 2. The monoisotopic (exact) mass is 271 g/mol. The molecule has 0 amide bonds. The Morgan fingerprint density at radius 2 is 2.05 bits per heavy atom. The van der Waals surface area contributed by atoms with Gasteiger partial charge in [-0.3, -0.25) is 0 Å². The van der Waals surface area contributed by atoms with E-state index in [1.807, 2.05) is 30.3 Å². The van der Waals surface area contributed by atoms with E-state index in [2.05, 4.69) is 10.4 Å². The third kappa shape index (κ3) is 2.88. The fourth-order valence-corrected chi connectivity index (χ4v) is 2.30. The average Bonchev–Trinajstić information content (AvgIpc) is 2.77. The summed E-state index contributed by atoms with van der Waals surface area (Å²) in [6.07, 6.45) is 3.13. The molecule has 1 aliphatic heterocycles. The van der Waals surface area contributed by atoms with Gasteiger partial charge in [-0.1, -0.05) is 30.3 Å². The Morgan fingerprint density at radius 3 is 2.90 bits per heavy atom. The number of nitrogens with one attached hydrogen (secondary N) is 1. The molecule has 2 aromatic rings. The molecule has 0 unspecified atom stereocenters. The molecular weight excluding hydrogens is 254 g/mol. The highest BCUT2D eigenvalue weighted by atomic mass is 16.6. The molecule has 1 aliphatic rings. The first kappa shape index (κ1) is 12.9. The summed E-state index contributed by atoms with van der Waals surface area (Å²) in [6.45, 7) is 2.10. The second-order valence-corrected chi connectivity index (χ2v) is 4.84. The van der Waals surface area contributed by atoms with Crippen LogP contribution in [-0.4, -0.2) is 29.0 Å². The number of carbonyl (C=O) groups is 1. The Labute approximate surface area is 117 Å². The number of fused-ring (bicyclic) bond motifs is 1. The second kappa shape index (κ2) is 5.88. The van der Waals surface area contributed by atoms with Gasteiger partial charge in [-0.25, -0.2) is 4.79 Å². The molecule has 5 nitrogen and oxygen atoms in total. The van der Waals surface area contributed by atoms with Gasteiger partial charge in [0.2, 0.25) is 0 Å². The molecule has 0 saturated carbocycles. The molecule has 5 heteroatoms. The Hall–Kier alpha value is -2.14. The van der Waals surface area contributed by atoms with Gasteiger partial charge >= 0.3 is 6.09 Å². The topological polar surface area (TPSA) is 56.2 Å². The molecule has 0 radical (unpaired) electrons. The van der Waals surface area contributed by atoms with Crippen LogP contribution in [0.3, 0.4) is 0 Å².